The fourth-order valence-electron chi connectivity index (χ4n) is 4.19. The summed E-state index contributed by atoms with van der Waals surface area (Å²) >= 11 is 6.09. The first-order chi connectivity index (χ1) is 15.6. The molecule has 2 aromatic carbocycles. The van der Waals surface area contributed by atoms with E-state index in [1.165, 1.54) is 0 Å². The minimum absolute atomic E-state index is 0.0204. The third-order valence-corrected chi connectivity index (χ3v) is 6.08. The minimum Gasteiger partial charge on any atom is -0.338 e. The van der Waals surface area contributed by atoms with Gasteiger partial charge in [0.15, 0.2) is 0 Å². The number of carbonyl (C=O) groups is 2. The van der Waals surface area contributed by atoms with E-state index in [9.17, 15) is 9.59 Å². The Bertz CT molecular complexity index is 1070. The number of hydrogen-bond acceptors (Lipinski definition) is 3. The quantitative estimate of drug-likeness (QED) is 0.547. The van der Waals surface area contributed by atoms with E-state index in [1.807, 2.05) is 58.3 Å². The van der Waals surface area contributed by atoms with Crippen molar-refractivity contribution in [2.24, 2.45) is 0 Å². The molecule has 1 saturated heterocycles. The second-order valence-electron chi connectivity index (χ2n) is 8.04. The Balaban J connectivity index is 1.44. The summed E-state index contributed by atoms with van der Waals surface area (Å²) in [6, 6.07) is 16.8. The summed E-state index contributed by atoms with van der Waals surface area (Å²) in [7, 11) is 0. The van der Waals surface area contributed by atoms with Crippen molar-refractivity contribution in [2.45, 2.75) is 32.2 Å². The SMILES string of the molecule is CCCN(C(=O)c1cnn(-c2cccc(Cl)c2)c1)C1CCN(C(=O)c2ccccc2)CC1. The maximum Gasteiger partial charge on any atom is 0.257 e. The van der Waals surface area contributed by atoms with Crippen molar-refractivity contribution in [3.8, 4) is 5.69 Å². The molecule has 0 N–H and O–H groups in total. The fourth-order valence-corrected chi connectivity index (χ4v) is 4.38. The predicted octanol–water partition coefficient (Wildman–Crippen LogP) is 4.68. The van der Waals surface area contributed by atoms with E-state index in [0.717, 1.165) is 24.9 Å². The average molecular weight is 451 g/mol. The van der Waals surface area contributed by atoms with E-state index in [1.54, 1.807) is 23.1 Å². The number of benzene rings is 2. The number of hydrogen-bond donors (Lipinski definition) is 0. The number of carbonyl (C=O) groups excluding carboxylic acids is 2. The third-order valence-electron chi connectivity index (χ3n) is 5.84. The maximum absolute atomic E-state index is 13.3. The molecule has 32 heavy (non-hydrogen) atoms. The summed E-state index contributed by atoms with van der Waals surface area (Å²) in [6.07, 6.45) is 5.78. The molecular weight excluding hydrogens is 424 g/mol. The van der Waals surface area contributed by atoms with Crippen LogP contribution in [0.3, 0.4) is 0 Å². The van der Waals surface area contributed by atoms with Gasteiger partial charge in [0, 0.05) is 42.5 Å². The van der Waals surface area contributed by atoms with E-state index in [-0.39, 0.29) is 17.9 Å². The van der Waals surface area contributed by atoms with Crippen LogP contribution >= 0.6 is 11.6 Å². The Labute approximate surface area is 193 Å². The molecule has 4 rings (SSSR count). The van der Waals surface area contributed by atoms with Crippen molar-refractivity contribution in [2.75, 3.05) is 19.6 Å². The van der Waals surface area contributed by atoms with Crippen LogP contribution in [-0.4, -0.2) is 57.1 Å². The lowest BCUT2D eigenvalue weighted by molar-refractivity contribution is 0.0519. The second kappa shape index (κ2) is 10.0. The summed E-state index contributed by atoms with van der Waals surface area (Å²) in [4.78, 5) is 29.9. The normalized spacial score (nSPS) is 14.4. The van der Waals surface area contributed by atoms with Crippen molar-refractivity contribution in [3.63, 3.8) is 0 Å². The Hall–Kier alpha value is -3.12. The zero-order valence-corrected chi connectivity index (χ0v) is 18.9. The first kappa shape index (κ1) is 22.1. The van der Waals surface area contributed by atoms with Gasteiger partial charge in [-0.1, -0.05) is 42.8 Å². The fraction of sp³-hybridized carbons (Fsp3) is 0.320. The molecule has 0 unspecified atom stereocenters. The number of nitrogens with zero attached hydrogens (tertiary/aromatic N) is 4. The van der Waals surface area contributed by atoms with Crippen LogP contribution in [-0.2, 0) is 0 Å². The number of rotatable bonds is 6. The van der Waals surface area contributed by atoms with Gasteiger partial charge < -0.3 is 9.80 Å². The Morgan fingerprint density at radius 1 is 1.06 bits per heavy atom. The van der Waals surface area contributed by atoms with Crippen molar-refractivity contribution in [3.05, 3.63) is 83.1 Å². The minimum atomic E-state index is -0.0204. The van der Waals surface area contributed by atoms with Crippen LogP contribution < -0.4 is 0 Å². The largest absolute Gasteiger partial charge is 0.338 e. The topological polar surface area (TPSA) is 58.4 Å². The zero-order valence-electron chi connectivity index (χ0n) is 18.2. The molecule has 0 saturated carbocycles. The van der Waals surface area contributed by atoms with Crippen LogP contribution in [0.25, 0.3) is 5.69 Å². The van der Waals surface area contributed by atoms with Gasteiger partial charge in [-0.05, 0) is 49.6 Å². The van der Waals surface area contributed by atoms with Gasteiger partial charge in [0.2, 0.25) is 0 Å². The smallest absolute Gasteiger partial charge is 0.257 e. The van der Waals surface area contributed by atoms with Gasteiger partial charge in [-0.3, -0.25) is 9.59 Å². The van der Waals surface area contributed by atoms with Gasteiger partial charge in [-0.25, -0.2) is 4.68 Å². The van der Waals surface area contributed by atoms with Gasteiger partial charge in [-0.15, -0.1) is 0 Å². The van der Waals surface area contributed by atoms with Crippen LogP contribution in [0.15, 0.2) is 67.0 Å². The first-order valence-corrected chi connectivity index (χ1v) is 11.4. The lowest BCUT2D eigenvalue weighted by Gasteiger charge is -2.38. The lowest BCUT2D eigenvalue weighted by atomic mass is 10.0. The van der Waals surface area contributed by atoms with Crippen molar-refractivity contribution in [1.29, 1.82) is 0 Å². The molecule has 1 aromatic heterocycles. The van der Waals surface area contributed by atoms with Crippen molar-refractivity contribution >= 4 is 23.4 Å². The molecule has 2 amide bonds. The highest BCUT2D eigenvalue weighted by Gasteiger charge is 2.30. The number of likely N-dealkylation sites (tertiary alicyclic amines) is 1. The molecule has 0 aliphatic carbocycles. The van der Waals surface area contributed by atoms with Crippen LogP contribution in [0.1, 0.15) is 46.9 Å². The second-order valence-corrected chi connectivity index (χ2v) is 8.48. The molecule has 3 aromatic rings. The van der Waals surface area contributed by atoms with Crippen LogP contribution in [0, 0.1) is 0 Å². The number of amides is 2. The zero-order chi connectivity index (χ0) is 22.5. The molecular formula is C25H27ClN4O2. The van der Waals surface area contributed by atoms with Crippen molar-refractivity contribution in [1.82, 2.24) is 19.6 Å². The maximum atomic E-state index is 13.3. The first-order valence-electron chi connectivity index (χ1n) is 11.0. The summed E-state index contributed by atoms with van der Waals surface area (Å²) < 4.78 is 1.67. The highest BCUT2D eigenvalue weighted by molar-refractivity contribution is 6.30. The van der Waals surface area contributed by atoms with E-state index in [4.69, 9.17) is 11.6 Å². The number of halogens is 1. The molecule has 166 valence electrons. The summed E-state index contributed by atoms with van der Waals surface area (Å²) in [5.74, 6) is 0.0354. The molecule has 0 bridgehead atoms. The molecule has 1 aliphatic heterocycles. The summed E-state index contributed by atoms with van der Waals surface area (Å²) in [5.41, 5.74) is 2.08. The Kier molecular flexibility index (Phi) is 6.90. The molecule has 2 heterocycles. The highest BCUT2D eigenvalue weighted by Crippen LogP contribution is 2.22. The van der Waals surface area contributed by atoms with Gasteiger partial charge >= 0.3 is 0 Å². The molecule has 6 nitrogen and oxygen atoms in total. The Morgan fingerprint density at radius 3 is 2.50 bits per heavy atom. The third kappa shape index (κ3) is 4.86. The molecule has 1 aliphatic rings. The van der Waals surface area contributed by atoms with E-state index in [0.29, 0.717) is 35.8 Å². The van der Waals surface area contributed by atoms with E-state index < -0.39 is 0 Å². The van der Waals surface area contributed by atoms with Crippen LogP contribution in [0.2, 0.25) is 5.02 Å². The molecule has 0 spiro atoms. The summed E-state index contributed by atoms with van der Waals surface area (Å²) in [5, 5.41) is 4.98. The lowest BCUT2D eigenvalue weighted by Crippen LogP contribution is -2.49. The average Bonchev–Trinajstić information content (AvgIpc) is 3.33. The number of aromatic nitrogens is 2. The van der Waals surface area contributed by atoms with Gasteiger partial charge in [0.05, 0.1) is 17.4 Å². The van der Waals surface area contributed by atoms with E-state index >= 15 is 0 Å². The number of piperidine rings is 1. The molecule has 1 fully saturated rings. The monoisotopic (exact) mass is 450 g/mol. The van der Waals surface area contributed by atoms with Crippen LogP contribution in [0.5, 0.6) is 0 Å². The molecule has 7 heteroatoms. The van der Waals surface area contributed by atoms with Gasteiger partial charge in [0.1, 0.15) is 0 Å². The predicted molar refractivity (Wildman–Crippen MR) is 125 cm³/mol. The Morgan fingerprint density at radius 2 is 1.81 bits per heavy atom. The van der Waals surface area contributed by atoms with Gasteiger partial charge in [0.25, 0.3) is 11.8 Å². The van der Waals surface area contributed by atoms with E-state index in [2.05, 4.69) is 12.0 Å². The molecule has 0 atom stereocenters. The van der Waals surface area contributed by atoms with Gasteiger partial charge in [-0.2, -0.15) is 5.10 Å². The standard InChI is InChI=1S/C25H27ClN4O2/c1-2-13-29(22-11-14-28(15-12-22)24(31)19-7-4-3-5-8-19)25(32)20-17-27-30(18-20)23-10-6-9-21(26)16-23/h3-10,16-18,22H,2,11-15H2,1H3. The van der Waals surface area contributed by atoms with Crippen LogP contribution in [0.4, 0.5) is 0 Å². The van der Waals surface area contributed by atoms with Crippen molar-refractivity contribution < 1.29 is 9.59 Å². The highest BCUT2D eigenvalue weighted by atomic mass is 35.5. The summed E-state index contributed by atoms with van der Waals surface area (Å²) in [6.45, 7) is 4.05. The molecule has 0 radical (unpaired) electrons.